The Balaban J connectivity index is 1.56. The second kappa shape index (κ2) is 4.88. The second-order valence-corrected chi connectivity index (χ2v) is 8.78. The zero-order valence-electron chi connectivity index (χ0n) is 14.8. The molecule has 0 unspecified atom stereocenters. The van der Waals surface area contributed by atoms with Crippen LogP contribution in [0.2, 0.25) is 0 Å². The fourth-order valence-corrected chi connectivity index (χ4v) is 6.37. The summed E-state index contributed by atoms with van der Waals surface area (Å²) < 4.78 is 2.81. The van der Waals surface area contributed by atoms with E-state index in [4.69, 9.17) is 0 Å². The molecule has 5 aromatic rings. The molecular weight excluding hydrogens is 344 g/mol. The van der Waals surface area contributed by atoms with Crippen LogP contribution >= 0.6 is 11.3 Å². The normalized spacial score (nSPS) is 13.6. The summed E-state index contributed by atoms with van der Waals surface area (Å²) in [7, 11) is 0. The number of thiophene rings is 1. The van der Waals surface area contributed by atoms with Gasteiger partial charge in [0.05, 0.1) is 0 Å². The molecule has 1 aromatic heterocycles. The van der Waals surface area contributed by atoms with E-state index in [1.54, 1.807) is 0 Å². The molecular formula is C26H16S. The van der Waals surface area contributed by atoms with Crippen LogP contribution < -0.4 is 0 Å². The van der Waals surface area contributed by atoms with Gasteiger partial charge in [0.15, 0.2) is 0 Å². The molecule has 0 fully saturated rings. The van der Waals surface area contributed by atoms with Crippen molar-refractivity contribution < 1.29 is 0 Å². The maximum Gasteiger partial charge on any atom is 0.0358 e. The lowest BCUT2D eigenvalue weighted by Gasteiger charge is -2.08. The summed E-state index contributed by atoms with van der Waals surface area (Å²) in [6, 6.07) is 27.2. The third kappa shape index (κ3) is 1.73. The Morgan fingerprint density at radius 2 is 1.37 bits per heavy atom. The molecule has 1 heteroatoms. The molecule has 2 aliphatic carbocycles. The number of benzene rings is 4. The van der Waals surface area contributed by atoms with Gasteiger partial charge >= 0.3 is 0 Å². The Bertz CT molecular complexity index is 1420. The van der Waals surface area contributed by atoms with Crippen LogP contribution in [0.1, 0.15) is 22.3 Å². The third-order valence-corrected chi connectivity index (χ3v) is 7.50. The van der Waals surface area contributed by atoms with Crippen molar-refractivity contribution in [3.05, 3.63) is 95.1 Å². The van der Waals surface area contributed by atoms with Gasteiger partial charge in [-0.25, -0.2) is 0 Å². The van der Waals surface area contributed by atoms with E-state index in [0.717, 1.165) is 12.8 Å². The molecule has 0 amide bonds. The van der Waals surface area contributed by atoms with E-state index in [1.807, 2.05) is 11.3 Å². The van der Waals surface area contributed by atoms with Gasteiger partial charge < -0.3 is 0 Å². The van der Waals surface area contributed by atoms with E-state index in [1.165, 1.54) is 64.7 Å². The fraction of sp³-hybridized carbons (Fsp3) is 0.0769. The molecule has 2 aliphatic rings. The van der Waals surface area contributed by atoms with Crippen molar-refractivity contribution in [1.29, 1.82) is 0 Å². The Kier molecular flexibility index (Phi) is 2.56. The maximum atomic E-state index is 2.37. The molecule has 7 rings (SSSR count). The molecule has 27 heavy (non-hydrogen) atoms. The maximum absolute atomic E-state index is 2.37. The van der Waals surface area contributed by atoms with Crippen molar-refractivity contribution in [2.75, 3.05) is 0 Å². The van der Waals surface area contributed by atoms with E-state index in [0.29, 0.717) is 0 Å². The van der Waals surface area contributed by atoms with Crippen LogP contribution in [0, 0.1) is 0 Å². The van der Waals surface area contributed by atoms with Crippen molar-refractivity contribution in [2.45, 2.75) is 12.8 Å². The standard InChI is InChI=1S/C26H16S/c1-2-6-17-15(5-1)13-16-9-10-18-19-11-12-24-26(22(19)14-21(18)25(16)17)20-7-3-4-8-23(20)27-24/h1-12H,13-14H2. The summed E-state index contributed by atoms with van der Waals surface area (Å²) in [5, 5.41) is 2.89. The van der Waals surface area contributed by atoms with Crippen LogP contribution in [0.4, 0.5) is 0 Å². The van der Waals surface area contributed by atoms with Crippen LogP contribution in [0.3, 0.4) is 0 Å². The summed E-state index contributed by atoms with van der Waals surface area (Å²) in [5.41, 5.74) is 11.9. The topological polar surface area (TPSA) is 0 Å². The predicted octanol–water partition coefficient (Wildman–Crippen LogP) is 7.20. The molecule has 0 aliphatic heterocycles. The third-order valence-electron chi connectivity index (χ3n) is 6.36. The molecule has 126 valence electrons. The van der Waals surface area contributed by atoms with Gasteiger partial charge in [-0.15, -0.1) is 11.3 Å². The van der Waals surface area contributed by atoms with Crippen molar-refractivity contribution in [3.63, 3.8) is 0 Å². The van der Waals surface area contributed by atoms with Gasteiger partial charge in [0, 0.05) is 20.2 Å². The highest BCUT2D eigenvalue weighted by Crippen LogP contribution is 2.50. The minimum atomic E-state index is 1.06. The average Bonchev–Trinajstić information content (AvgIpc) is 3.37. The summed E-state index contributed by atoms with van der Waals surface area (Å²) >= 11 is 1.92. The van der Waals surface area contributed by atoms with Crippen LogP contribution in [-0.4, -0.2) is 0 Å². The number of hydrogen-bond acceptors (Lipinski definition) is 1. The first-order valence-corrected chi connectivity index (χ1v) is 10.4. The zero-order valence-corrected chi connectivity index (χ0v) is 15.6. The quantitative estimate of drug-likeness (QED) is 0.268. The van der Waals surface area contributed by atoms with Crippen molar-refractivity contribution in [1.82, 2.24) is 0 Å². The van der Waals surface area contributed by atoms with Crippen LogP contribution in [0.25, 0.3) is 42.4 Å². The molecule has 0 saturated heterocycles. The highest BCUT2D eigenvalue weighted by atomic mass is 32.1. The van der Waals surface area contributed by atoms with Crippen LogP contribution in [-0.2, 0) is 12.8 Å². The van der Waals surface area contributed by atoms with E-state index < -0.39 is 0 Å². The lowest BCUT2D eigenvalue weighted by atomic mass is 9.95. The van der Waals surface area contributed by atoms with Gasteiger partial charge in [0.25, 0.3) is 0 Å². The van der Waals surface area contributed by atoms with Gasteiger partial charge in [-0.3, -0.25) is 0 Å². The van der Waals surface area contributed by atoms with E-state index >= 15 is 0 Å². The molecule has 0 atom stereocenters. The Labute approximate surface area is 161 Å². The zero-order chi connectivity index (χ0) is 17.5. The smallest absolute Gasteiger partial charge is 0.0358 e. The Hall–Kier alpha value is -2.90. The van der Waals surface area contributed by atoms with Gasteiger partial charge in [-0.05, 0) is 69.5 Å². The lowest BCUT2D eigenvalue weighted by molar-refractivity contribution is 1.24. The molecule has 0 nitrogen and oxygen atoms in total. The molecule has 0 saturated carbocycles. The Morgan fingerprint density at radius 3 is 2.37 bits per heavy atom. The first-order valence-electron chi connectivity index (χ1n) is 9.55. The van der Waals surface area contributed by atoms with Crippen LogP contribution in [0.15, 0.2) is 72.8 Å². The van der Waals surface area contributed by atoms with Gasteiger partial charge in [-0.1, -0.05) is 60.7 Å². The molecule has 4 aromatic carbocycles. The van der Waals surface area contributed by atoms with Gasteiger partial charge in [0.1, 0.15) is 0 Å². The van der Waals surface area contributed by atoms with Crippen molar-refractivity contribution in [3.8, 4) is 22.3 Å². The minimum Gasteiger partial charge on any atom is -0.135 e. The van der Waals surface area contributed by atoms with Crippen molar-refractivity contribution in [2.24, 2.45) is 0 Å². The summed E-state index contributed by atoms with van der Waals surface area (Å²) in [4.78, 5) is 0. The second-order valence-electron chi connectivity index (χ2n) is 7.70. The lowest BCUT2D eigenvalue weighted by Crippen LogP contribution is -1.89. The minimum absolute atomic E-state index is 1.06. The summed E-state index contributed by atoms with van der Waals surface area (Å²) in [6.07, 6.45) is 2.13. The van der Waals surface area contributed by atoms with Gasteiger partial charge in [-0.2, -0.15) is 0 Å². The predicted molar refractivity (Wildman–Crippen MR) is 116 cm³/mol. The largest absolute Gasteiger partial charge is 0.135 e. The van der Waals surface area contributed by atoms with E-state index in [-0.39, 0.29) is 0 Å². The number of rotatable bonds is 0. The first kappa shape index (κ1) is 14.2. The number of hydrogen-bond donors (Lipinski definition) is 0. The van der Waals surface area contributed by atoms with Gasteiger partial charge in [0.2, 0.25) is 0 Å². The number of fused-ring (bicyclic) bond motifs is 11. The van der Waals surface area contributed by atoms with E-state index in [9.17, 15) is 0 Å². The average molecular weight is 360 g/mol. The molecule has 0 radical (unpaired) electrons. The van der Waals surface area contributed by atoms with Crippen LogP contribution in [0.5, 0.6) is 0 Å². The fourth-order valence-electron chi connectivity index (χ4n) is 5.24. The first-order chi connectivity index (χ1) is 13.4. The highest BCUT2D eigenvalue weighted by molar-refractivity contribution is 7.25. The highest BCUT2D eigenvalue weighted by Gasteiger charge is 2.29. The molecule has 0 spiro atoms. The molecule has 0 N–H and O–H groups in total. The SMILES string of the molecule is c1ccc2c(c1)Cc1ccc3c(c1-2)Cc1c-3ccc2sc3ccccc3c12. The Morgan fingerprint density at radius 1 is 0.556 bits per heavy atom. The van der Waals surface area contributed by atoms with Crippen molar-refractivity contribution >= 4 is 31.5 Å². The monoisotopic (exact) mass is 360 g/mol. The molecule has 1 heterocycles. The van der Waals surface area contributed by atoms with E-state index in [2.05, 4.69) is 72.8 Å². The summed E-state index contributed by atoms with van der Waals surface area (Å²) in [6.45, 7) is 0. The molecule has 0 bridgehead atoms. The summed E-state index contributed by atoms with van der Waals surface area (Å²) in [5.74, 6) is 0.